The molecule has 0 aliphatic heterocycles. The summed E-state index contributed by atoms with van der Waals surface area (Å²) < 4.78 is 202. The molecule has 0 aliphatic rings. The van der Waals surface area contributed by atoms with Gasteiger partial charge in [0.1, 0.15) is 0 Å². The third kappa shape index (κ3) is 3.43. The van der Waals surface area contributed by atoms with E-state index in [4.69, 9.17) is 0 Å². The molecule has 174 valence electrons. The van der Waals surface area contributed by atoms with Gasteiger partial charge in [0.15, 0.2) is 0 Å². The molecule has 30 heavy (non-hydrogen) atoms. The predicted octanol–water partition coefficient (Wildman–Crippen LogP) is 6.99. The van der Waals surface area contributed by atoms with Crippen LogP contribution in [0.25, 0.3) is 0 Å². The first-order valence-corrected chi connectivity index (χ1v) is 9.48. The summed E-state index contributed by atoms with van der Waals surface area (Å²) in [5, 5.41) is 0. The Morgan fingerprint density at radius 3 is 1.03 bits per heavy atom. The molecule has 0 heterocycles. The van der Waals surface area contributed by atoms with Gasteiger partial charge >= 0.3 is 43.2 Å². The summed E-state index contributed by atoms with van der Waals surface area (Å²) in [6.45, 7) is -0.361. The Morgan fingerprint density at radius 1 is 0.533 bits per heavy atom. The molecule has 1 aromatic rings. The highest BCUT2D eigenvalue weighted by atomic mass is 28.3. The van der Waals surface area contributed by atoms with Crippen LogP contribution in [0, 0.1) is 0 Å². The van der Waals surface area contributed by atoms with Crippen molar-refractivity contribution in [2.75, 3.05) is 0 Å². The summed E-state index contributed by atoms with van der Waals surface area (Å²) in [6.07, 6.45) is -22.8. The molecule has 16 heteroatoms. The maximum Gasteiger partial charge on any atom is 0.449 e. The molecule has 0 nitrogen and oxygen atoms in total. The predicted molar refractivity (Wildman–Crippen MR) is 73.6 cm³/mol. The van der Waals surface area contributed by atoms with Crippen molar-refractivity contribution in [1.82, 2.24) is 0 Å². The first-order chi connectivity index (χ1) is 13.0. The highest BCUT2D eigenvalue weighted by molar-refractivity contribution is 6.88. The van der Waals surface area contributed by atoms with Gasteiger partial charge in [-0.25, -0.2) is 26.3 Å². The number of hydrogen-bond acceptors (Lipinski definition) is 0. The molecule has 0 amide bonds. The highest BCUT2D eigenvalue weighted by Gasteiger charge is 2.99. The van der Waals surface area contributed by atoms with Crippen LogP contribution in [0.1, 0.15) is 18.0 Å². The summed E-state index contributed by atoms with van der Waals surface area (Å²) in [4.78, 5) is 0. The largest absolute Gasteiger partial charge is 0.449 e. The standard InChI is InChI=1S/C14H9F15Si/c1-7(8-5-3-2-4-6-8)30(12(24,25)9(15,16)17,13(26,27)10(18,19)20)14(28,29)11(21,22)23/h2-7H,1H3. The number of rotatable bonds is 5. The minimum Gasteiger partial charge on any atom is -0.201 e. The zero-order valence-electron chi connectivity index (χ0n) is 14.1. The van der Waals surface area contributed by atoms with Crippen molar-refractivity contribution >= 4 is 8.07 Å². The topological polar surface area (TPSA) is 0 Å². The lowest BCUT2D eigenvalue weighted by Gasteiger charge is -2.50. The molecule has 0 aliphatic carbocycles. The lowest BCUT2D eigenvalue weighted by molar-refractivity contribution is -0.305. The third-order valence-corrected chi connectivity index (χ3v) is 9.96. The van der Waals surface area contributed by atoms with Crippen LogP contribution in [0.3, 0.4) is 0 Å². The minimum atomic E-state index is -9.60. The molecule has 0 N–H and O–H groups in total. The Hall–Kier alpha value is -1.61. The van der Waals surface area contributed by atoms with E-state index in [2.05, 4.69) is 0 Å². The van der Waals surface area contributed by atoms with Gasteiger partial charge in [0.25, 0.3) is 0 Å². The maximum absolute atomic E-state index is 14.2. The van der Waals surface area contributed by atoms with Crippen LogP contribution in [-0.4, -0.2) is 43.2 Å². The van der Waals surface area contributed by atoms with Crippen molar-refractivity contribution < 1.29 is 65.9 Å². The van der Waals surface area contributed by atoms with Crippen LogP contribution in [0.2, 0.25) is 0 Å². The van der Waals surface area contributed by atoms with Crippen LogP contribution < -0.4 is 0 Å². The van der Waals surface area contributed by atoms with E-state index in [9.17, 15) is 65.9 Å². The Balaban J connectivity index is 4.35. The van der Waals surface area contributed by atoms with Crippen LogP contribution in [-0.2, 0) is 0 Å². The van der Waals surface area contributed by atoms with Crippen LogP contribution in [0.15, 0.2) is 30.3 Å². The van der Waals surface area contributed by atoms with Gasteiger partial charge < -0.3 is 0 Å². The Kier molecular flexibility index (Phi) is 6.36. The van der Waals surface area contributed by atoms with Crippen molar-refractivity contribution in [2.24, 2.45) is 0 Å². The molecule has 1 rings (SSSR count). The van der Waals surface area contributed by atoms with Crippen LogP contribution in [0.4, 0.5) is 65.9 Å². The number of benzene rings is 1. The second-order valence-corrected chi connectivity index (χ2v) is 10.5. The lowest BCUT2D eigenvalue weighted by atomic mass is 10.2. The van der Waals surface area contributed by atoms with E-state index >= 15 is 0 Å². The van der Waals surface area contributed by atoms with Crippen molar-refractivity contribution in [1.29, 1.82) is 0 Å². The van der Waals surface area contributed by atoms with E-state index < -0.39 is 54.3 Å². The Morgan fingerprint density at radius 2 is 0.800 bits per heavy atom. The number of alkyl halides is 15. The third-order valence-electron chi connectivity index (χ3n) is 4.50. The van der Waals surface area contributed by atoms with Crippen molar-refractivity contribution in [2.45, 2.75) is 47.6 Å². The average Bonchev–Trinajstić information content (AvgIpc) is 2.52. The summed E-state index contributed by atoms with van der Waals surface area (Å²) >= 11 is 0. The van der Waals surface area contributed by atoms with E-state index in [0.29, 0.717) is 12.1 Å². The molecular weight excluding hydrogens is 481 g/mol. The highest BCUT2D eigenvalue weighted by Crippen LogP contribution is 2.65. The van der Waals surface area contributed by atoms with E-state index in [-0.39, 0.29) is 19.1 Å². The average molecular weight is 490 g/mol. The fourth-order valence-electron chi connectivity index (χ4n) is 3.07. The monoisotopic (exact) mass is 490 g/mol. The molecule has 0 saturated carbocycles. The maximum atomic E-state index is 14.2. The Labute approximate surface area is 158 Å². The molecule has 0 radical (unpaired) electrons. The summed E-state index contributed by atoms with van der Waals surface area (Å²) in [6, 6.07) is 2.84. The second kappa shape index (κ2) is 7.22. The zero-order chi connectivity index (χ0) is 24.2. The quantitative estimate of drug-likeness (QED) is 0.309. The van der Waals surface area contributed by atoms with Crippen molar-refractivity contribution in [3.05, 3.63) is 35.9 Å². The summed E-state index contributed by atoms with van der Waals surface area (Å²) in [7, 11) is -9.60. The molecule has 0 saturated heterocycles. The fourth-order valence-corrected chi connectivity index (χ4v) is 7.92. The normalized spacial score (nSPS) is 16.5. The molecule has 0 aromatic heterocycles. The van der Waals surface area contributed by atoms with E-state index in [0.717, 1.165) is 6.07 Å². The van der Waals surface area contributed by atoms with Gasteiger partial charge in [0, 0.05) is 0 Å². The first-order valence-electron chi connectivity index (χ1n) is 7.40. The van der Waals surface area contributed by atoms with Gasteiger partial charge in [0.05, 0.1) is 0 Å². The molecule has 1 atom stereocenters. The molecule has 0 bridgehead atoms. The molecule has 1 aromatic carbocycles. The number of halogens is 15. The van der Waals surface area contributed by atoms with E-state index in [1.807, 2.05) is 0 Å². The zero-order valence-corrected chi connectivity index (χ0v) is 15.1. The fraction of sp³-hybridized carbons (Fsp3) is 0.571. The smallest absolute Gasteiger partial charge is 0.201 e. The van der Waals surface area contributed by atoms with Gasteiger partial charge in [-0.15, -0.1) is 0 Å². The van der Waals surface area contributed by atoms with Gasteiger partial charge in [-0.2, -0.15) is 39.5 Å². The Bertz CT molecular complexity index is 664. The van der Waals surface area contributed by atoms with Gasteiger partial charge in [-0.3, -0.25) is 0 Å². The molecule has 1 unspecified atom stereocenters. The van der Waals surface area contributed by atoms with Gasteiger partial charge in [0.2, 0.25) is 0 Å². The van der Waals surface area contributed by atoms with Crippen LogP contribution >= 0.6 is 0 Å². The minimum absolute atomic E-state index is 0.289. The van der Waals surface area contributed by atoms with E-state index in [1.165, 1.54) is 0 Å². The van der Waals surface area contributed by atoms with Crippen LogP contribution in [0.5, 0.6) is 0 Å². The van der Waals surface area contributed by atoms with E-state index in [1.54, 1.807) is 0 Å². The lowest BCUT2D eigenvalue weighted by Crippen LogP contribution is -2.86. The molecular formula is C14H9F15Si. The summed E-state index contributed by atoms with van der Waals surface area (Å²) in [5.74, 6) is 0. The second-order valence-electron chi connectivity index (χ2n) is 6.16. The first kappa shape index (κ1) is 26.4. The molecule has 0 fully saturated rings. The van der Waals surface area contributed by atoms with Gasteiger partial charge in [-0.1, -0.05) is 37.3 Å². The van der Waals surface area contributed by atoms with Crippen molar-refractivity contribution in [3.63, 3.8) is 0 Å². The number of hydrogen-bond donors (Lipinski definition) is 0. The van der Waals surface area contributed by atoms with Gasteiger partial charge in [-0.05, 0) is 11.1 Å². The molecule has 0 spiro atoms. The SMILES string of the molecule is CC(c1ccccc1)[Si](C(F)(F)C(F)(F)F)(C(F)(F)C(F)(F)F)C(F)(F)C(F)(F)F. The van der Waals surface area contributed by atoms with Crippen molar-refractivity contribution in [3.8, 4) is 0 Å². The summed E-state index contributed by atoms with van der Waals surface area (Å²) in [5.41, 5.74) is -28.5.